The Morgan fingerprint density at radius 1 is 0.806 bits per heavy atom. The first kappa shape index (κ1) is 32.2. The van der Waals surface area contributed by atoms with E-state index in [1.54, 1.807) is 21.5 Å². The zero-order chi connectivity index (χ0) is 19.9. The second-order valence-corrected chi connectivity index (χ2v) is 12.2. The summed E-state index contributed by atoms with van der Waals surface area (Å²) in [6.07, 6.45) is 10.7. The van der Waals surface area contributed by atoms with E-state index >= 15 is 0 Å². The van der Waals surface area contributed by atoms with Gasteiger partial charge in [0.2, 0.25) is 0 Å². The molecule has 31 heavy (non-hydrogen) atoms. The molecule has 0 aromatic heterocycles. The maximum atomic E-state index is 2.56. The van der Waals surface area contributed by atoms with Crippen LogP contribution >= 0.6 is 0 Å². The molecule has 0 amide bonds. The van der Waals surface area contributed by atoms with Gasteiger partial charge in [-0.2, -0.15) is 27.4 Å². The molecule has 0 spiro atoms. The molecule has 0 heterocycles. The fraction of sp³-hybridized carbons (Fsp3) is 0.379. The van der Waals surface area contributed by atoms with Crippen LogP contribution in [0.2, 0.25) is 5.04 Å². The van der Waals surface area contributed by atoms with Crippen molar-refractivity contribution < 1.29 is 21.7 Å². The number of allylic oxidation sites excluding steroid dienone is 4. The summed E-state index contributed by atoms with van der Waals surface area (Å²) in [6.45, 7) is 18.7. The first-order valence-electron chi connectivity index (χ1n) is 10.3. The van der Waals surface area contributed by atoms with Crippen molar-refractivity contribution in [1.82, 2.24) is 0 Å². The van der Waals surface area contributed by atoms with Gasteiger partial charge in [-0.3, -0.25) is 0 Å². The second kappa shape index (κ2) is 12.3. The molecule has 0 radical (unpaired) electrons. The summed E-state index contributed by atoms with van der Waals surface area (Å²) in [5.74, 6) is 0.616. The average molecular weight is 469 g/mol. The van der Waals surface area contributed by atoms with E-state index in [0.29, 0.717) is 5.92 Å². The Bertz CT molecular complexity index is 868. The molecule has 2 aromatic rings. The molecule has 168 valence electrons. The Labute approximate surface area is 211 Å². The van der Waals surface area contributed by atoms with E-state index in [1.165, 1.54) is 22.3 Å². The van der Waals surface area contributed by atoms with Crippen molar-refractivity contribution in [2.75, 3.05) is 0 Å². The predicted molar refractivity (Wildman–Crippen MR) is 143 cm³/mol. The Kier molecular flexibility index (Phi) is 12.7. The molecular weight excluding hydrogens is 424 g/mol. The molecule has 3 rings (SSSR count). The molecule has 0 bridgehead atoms. The first-order chi connectivity index (χ1) is 12.7. The van der Waals surface area contributed by atoms with Crippen LogP contribution in [0.25, 0.3) is 0 Å². The minimum atomic E-state index is -1.51. The Hall–Kier alpha value is -1.02. The molecule has 0 fully saturated rings. The van der Waals surface area contributed by atoms with Crippen LogP contribution in [-0.4, -0.2) is 8.80 Å². The zero-order valence-corrected chi connectivity index (χ0v) is 24.6. The SMILES string of the molecule is Cc1cc(C)cc([SiH]([c-]2c(C)c(C)c(C)c2C)C2(C(C)C)C=CC=CC2)c1.[CH3-].[CH3-].[CH3-].[Ti+4]. The summed E-state index contributed by atoms with van der Waals surface area (Å²) in [6, 6.07) is 7.28. The van der Waals surface area contributed by atoms with Gasteiger partial charge < -0.3 is 22.3 Å². The standard InChI is InChI=1S/C26H35Si.3CH3.Ti/c1-17(2)26(12-10-9-11-13-26)27(24-15-18(3)14-19(4)16-24)25-22(7)20(5)21(6)23(25)8;;;;/h9-12,14-17,27H,13H2,1-8H3;3*1H3;/q4*-1;+4. The van der Waals surface area contributed by atoms with E-state index in [1.807, 2.05) is 0 Å². The van der Waals surface area contributed by atoms with Crippen molar-refractivity contribution >= 4 is 19.2 Å². The zero-order valence-electron chi connectivity index (χ0n) is 21.9. The van der Waals surface area contributed by atoms with E-state index in [4.69, 9.17) is 0 Å². The van der Waals surface area contributed by atoms with Gasteiger partial charge in [0.15, 0.2) is 0 Å². The Morgan fingerprint density at radius 2 is 1.29 bits per heavy atom. The topological polar surface area (TPSA) is 0 Å². The molecule has 0 nitrogen and oxygen atoms in total. The molecule has 2 unspecified atom stereocenters. The van der Waals surface area contributed by atoms with Crippen molar-refractivity contribution in [3.8, 4) is 0 Å². The predicted octanol–water partition coefficient (Wildman–Crippen LogP) is 6.86. The van der Waals surface area contributed by atoms with Gasteiger partial charge in [0.25, 0.3) is 0 Å². The summed E-state index contributed by atoms with van der Waals surface area (Å²) in [7, 11) is -1.51. The normalized spacial score (nSPS) is 17.8. The Morgan fingerprint density at radius 3 is 1.68 bits per heavy atom. The number of hydrogen-bond donors (Lipinski definition) is 0. The van der Waals surface area contributed by atoms with Crippen molar-refractivity contribution in [2.45, 2.75) is 66.8 Å². The fourth-order valence-corrected chi connectivity index (χ4v) is 10.2. The van der Waals surface area contributed by atoms with E-state index in [-0.39, 0.29) is 49.0 Å². The first-order valence-corrected chi connectivity index (χ1v) is 12.1. The van der Waals surface area contributed by atoms with Crippen molar-refractivity contribution in [1.29, 1.82) is 0 Å². The summed E-state index contributed by atoms with van der Waals surface area (Å²) < 4.78 is 0. The average Bonchev–Trinajstić information content (AvgIpc) is 2.80. The smallest absolute Gasteiger partial charge is 0.358 e. The summed E-state index contributed by atoms with van der Waals surface area (Å²) >= 11 is 0. The van der Waals surface area contributed by atoms with E-state index in [9.17, 15) is 0 Å². The van der Waals surface area contributed by atoms with Gasteiger partial charge in [-0.15, -0.1) is 0 Å². The van der Waals surface area contributed by atoms with Gasteiger partial charge >= 0.3 is 21.7 Å². The molecule has 2 atom stereocenters. The van der Waals surface area contributed by atoms with Gasteiger partial charge in [-0.25, -0.2) is 0 Å². The van der Waals surface area contributed by atoms with Gasteiger partial charge in [-0.1, -0.05) is 100 Å². The molecule has 0 saturated heterocycles. The fourth-order valence-electron chi connectivity index (χ4n) is 5.23. The van der Waals surface area contributed by atoms with Crippen LogP contribution in [0.15, 0.2) is 42.5 Å². The van der Waals surface area contributed by atoms with Gasteiger partial charge in [0.1, 0.15) is 0 Å². The second-order valence-electron chi connectivity index (χ2n) is 9.03. The van der Waals surface area contributed by atoms with E-state index < -0.39 is 8.80 Å². The van der Waals surface area contributed by atoms with Gasteiger partial charge in [-0.05, 0) is 31.2 Å². The van der Waals surface area contributed by atoms with Crippen LogP contribution in [0.3, 0.4) is 0 Å². The molecule has 0 aliphatic heterocycles. The third kappa shape index (κ3) is 5.67. The minimum Gasteiger partial charge on any atom is -0.358 e. The molecule has 2 heteroatoms. The summed E-state index contributed by atoms with van der Waals surface area (Å²) in [5, 5.41) is 3.55. The quantitative estimate of drug-likeness (QED) is 0.340. The van der Waals surface area contributed by atoms with Crippen LogP contribution in [0.5, 0.6) is 0 Å². The Balaban J connectivity index is 0. The number of aryl methyl sites for hydroxylation is 2. The third-order valence-corrected chi connectivity index (χ3v) is 11.7. The maximum absolute atomic E-state index is 2.56. The van der Waals surface area contributed by atoms with Crippen LogP contribution in [-0.2, 0) is 21.7 Å². The van der Waals surface area contributed by atoms with Crippen molar-refractivity contribution in [3.63, 3.8) is 0 Å². The summed E-state index contributed by atoms with van der Waals surface area (Å²) in [4.78, 5) is 0. The summed E-state index contributed by atoms with van der Waals surface area (Å²) in [5.41, 5.74) is 8.88. The maximum Gasteiger partial charge on any atom is 4.00 e. The number of rotatable bonds is 4. The van der Waals surface area contributed by atoms with E-state index in [0.717, 1.165) is 6.42 Å². The van der Waals surface area contributed by atoms with Crippen LogP contribution < -0.4 is 10.4 Å². The van der Waals surface area contributed by atoms with Crippen LogP contribution in [0, 0.1) is 69.7 Å². The monoisotopic (exact) mass is 468 g/mol. The van der Waals surface area contributed by atoms with Gasteiger partial charge in [0, 0.05) is 0 Å². The van der Waals surface area contributed by atoms with E-state index in [2.05, 4.69) is 97.9 Å². The van der Waals surface area contributed by atoms with Gasteiger partial charge in [0.05, 0.1) is 8.80 Å². The number of hydrogen-bond acceptors (Lipinski definition) is 0. The largest absolute Gasteiger partial charge is 4.00 e. The molecule has 0 N–H and O–H groups in total. The minimum absolute atomic E-state index is 0. The molecule has 1 aliphatic rings. The molecule has 2 aromatic carbocycles. The third-order valence-electron chi connectivity index (χ3n) is 7.10. The molecule has 0 saturated carbocycles. The molecular formula is C29H44SiTi. The van der Waals surface area contributed by atoms with Crippen LogP contribution in [0.1, 0.15) is 53.6 Å². The number of benzene rings is 1. The van der Waals surface area contributed by atoms with Crippen LogP contribution in [0.4, 0.5) is 0 Å². The molecule has 1 aliphatic carbocycles. The van der Waals surface area contributed by atoms with Crippen molar-refractivity contribution in [3.05, 3.63) is 98.2 Å². The van der Waals surface area contributed by atoms with Crippen molar-refractivity contribution in [2.24, 2.45) is 5.92 Å².